The molecule has 2 aliphatic rings. The van der Waals surface area contributed by atoms with Crippen LogP contribution < -0.4 is 5.32 Å². The molecule has 1 N–H and O–H groups in total. The molecule has 3 unspecified atom stereocenters. The largest absolute Gasteiger partial charge is 0.316 e. The molecule has 2 fully saturated rings. The van der Waals surface area contributed by atoms with Crippen LogP contribution in [0.25, 0.3) is 0 Å². The quantitative estimate of drug-likeness (QED) is 0.561. The zero-order valence-electron chi connectivity index (χ0n) is 7.47. The lowest BCUT2D eigenvalue weighted by Crippen LogP contribution is -2.39. The average Bonchev–Trinajstić information content (AvgIpc) is 2.04. The van der Waals surface area contributed by atoms with Gasteiger partial charge in [-0.05, 0) is 50.1 Å². The maximum Gasteiger partial charge on any atom is -0.00178 e. The summed E-state index contributed by atoms with van der Waals surface area (Å²) in [5, 5.41) is 3.50. The Hall–Kier alpha value is -0.0400. The van der Waals surface area contributed by atoms with Crippen molar-refractivity contribution in [3.8, 4) is 0 Å². The van der Waals surface area contributed by atoms with Crippen molar-refractivity contribution in [2.75, 3.05) is 13.1 Å². The van der Waals surface area contributed by atoms with Crippen LogP contribution in [0.3, 0.4) is 0 Å². The van der Waals surface area contributed by atoms with Crippen molar-refractivity contribution < 1.29 is 0 Å². The van der Waals surface area contributed by atoms with Crippen molar-refractivity contribution in [2.45, 2.75) is 32.6 Å². The highest BCUT2D eigenvalue weighted by Gasteiger charge is 2.29. The summed E-state index contributed by atoms with van der Waals surface area (Å²) in [6, 6.07) is 0. The summed E-state index contributed by atoms with van der Waals surface area (Å²) in [7, 11) is 0. The molecule has 0 aromatic heterocycles. The van der Waals surface area contributed by atoms with E-state index in [9.17, 15) is 0 Å². The van der Waals surface area contributed by atoms with Crippen LogP contribution in [0, 0.1) is 17.8 Å². The van der Waals surface area contributed by atoms with Crippen molar-refractivity contribution in [1.29, 1.82) is 0 Å². The zero-order valence-corrected chi connectivity index (χ0v) is 7.47. The van der Waals surface area contributed by atoms with Gasteiger partial charge < -0.3 is 5.32 Å². The third-order valence-electron chi connectivity index (χ3n) is 3.50. The van der Waals surface area contributed by atoms with Crippen molar-refractivity contribution in [1.82, 2.24) is 5.32 Å². The number of nitrogens with one attached hydrogen (secondary N) is 1. The summed E-state index contributed by atoms with van der Waals surface area (Å²) >= 11 is 0. The van der Waals surface area contributed by atoms with Crippen molar-refractivity contribution in [3.05, 3.63) is 0 Å². The number of piperidine rings is 1. The minimum Gasteiger partial charge on any atom is -0.316 e. The van der Waals surface area contributed by atoms with Crippen molar-refractivity contribution >= 4 is 0 Å². The topological polar surface area (TPSA) is 12.0 Å². The number of rotatable bonds is 0. The van der Waals surface area contributed by atoms with Gasteiger partial charge in [-0.1, -0.05) is 13.3 Å². The van der Waals surface area contributed by atoms with Crippen molar-refractivity contribution in [2.24, 2.45) is 17.8 Å². The van der Waals surface area contributed by atoms with E-state index in [1.807, 2.05) is 0 Å². The lowest BCUT2D eigenvalue weighted by Gasteiger charge is -2.38. The van der Waals surface area contributed by atoms with Gasteiger partial charge in [-0.2, -0.15) is 0 Å². The van der Waals surface area contributed by atoms with Gasteiger partial charge in [-0.3, -0.25) is 0 Å². The first-order chi connectivity index (χ1) is 5.36. The third kappa shape index (κ3) is 1.58. The summed E-state index contributed by atoms with van der Waals surface area (Å²) < 4.78 is 0. The Balaban J connectivity index is 1.93. The van der Waals surface area contributed by atoms with Crippen LogP contribution in [0.1, 0.15) is 32.6 Å². The maximum absolute atomic E-state index is 3.50. The molecule has 64 valence electrons. The van der Waals surface area contributed by atoms with Gasteiger partial charge in [0.05, 0.1) is 0 Å². The van der Waals surface area contributed by atoms with Gasteiger partial charge >= 0.3 is 0 Å². The molecule has 1 heterocycles. The Kier molecular flexibility index (Phi) is 2.17. The first-order valence-corrected chi connectivity index (χ1v) is 5.07. The Labute approximate surface area is 69.6 Å². The highest BCUT2D eigenvalue weighted by Crippen LogP contribution is 2.36. The van der Waals surface area contributed by atoms with Gasteiger partial charge in [0.1, 0.15) is 0 Å². The van der Waals surface area contributed by atoms with Gasteiger partial charge in [0.25, 0.3) is 0 Å². The minimum atomic E-state index is 0.996. The molecule has 0 amide bonds. The van der Waals surface area contributed by atoms with Crippen LogP contribution in [0.15, 0.2) is 0 Å². The summed E-state index contributed by atoms with van der Waals surface area (Å²) in [6.07, 6.45) is 5.92. The summed E-state index contributed by atoms with van der Waals surface area (Å²) in [5.41, 5.74) is 0. The van der Waals surface area contributed by atoms with Gasteiger partial charge in [0.15, 0.2) is 0 Å². The van der Waals surface area contributed by atoms with E-state index < -0.39 is 0 Å². The van der Waals surface area contributed by atoms with Gasteiger partial charge in [0.2, 0.25) is 0 Å². The van der Waals surface area contributed by atoms with E-state index in [1.165, 1.54) is 38.8 Å². The van der Waals surface area contributed by atoms with E-state index in [2.05, 4.69) is 12.2 Å². The smallest absolute Gasteiger partial charge is 0.00178 e. The summed E-state index contributed by atoms with van der Waals surface area (Å²) in [4.78, 5) is 0. The number of hydrogen-bond acceptors (Lipinski definition) is 1. The van der Waals surface area contributed by atoms with E-state index >= 15 is 0 Å². The highest BCUT2D eigenvalue weighted by atomic mass is 14.9. The predicted molar refractivity (Wildman–Crippen MR) is 47.5 cm³/mol. The first kappa shape index (κ1) is 7.60. The Bertz CT molecular complexity index is 133. The van der Waals surface area contributed by atoms with Crippen LogP contribution >= 0.6 is 0 Å². The van der Waals surface area contributed by atoms with E-state index in [4.69, 9.17) is 0 Å². The summed E-state index contributed by atoms with van der Waals surface area (Å²) in [6.45, 7) is 4.98. The molecule has 0 aromatic carbocycles. The molecular weight excluding hydrogens is 134 g/mol. The predicted octanol–water partition coefficient (Wildman–Crippen LogP) is 2.03. The molecule has 1 saturated heterocycles. The average molecular weight is 153 g/mol. The van der Waals surface area contributed by atoms with Crippen molar-refractivity contribution in [3.63, 3.8) is 0 Å². The maximum atomic E-state index is 3.50. The fourth-order valence-electron chi connectivity index (χ4n) is 2.77. The van der Waals surface area contributed by atoms with Crippen LogP contribution in [0.4, 0.5) is 0 Å². The fraction of sp³-hybridized carbons (Fsp3) is 1.00. The van der Waals surface area contributed by atoms with Crippen LogP contribution in [-0.2, 0) is 0 Å². The molecule has 0 radical (unpaired) electrons. The molecule has 11 heavy (non-hydrogen) atoms. The van der Waals surface area contributed by atoms with E-state index in [0.29, 0.717) is 0 Å². The van der Waals surface area contributed by atoms with Crippen LogP contribution in [0.2, 0.25) is 0 Å². The molecule has 1 aliphatic heterocycles. The minimum absolute atomic E-state index is 0.996. The standard InChI is InChI=1S/C10H19N/c1-8-2-3-9-4-5-11-7-10(9)6-8/h8-11H,2-7H2,1H3. The monoisotopic (exact) mass is 153 g/mol. The molecular formula is C10H19N. The van der Waals surface area contributed by atoms with E-state index in [-0.39, 0.29) is 0 Å². The van der Waals surface area contributed by atoms with Crippen LogP contribution in [-0.4, -0.2) is 13.1 Å². The fourth-order valence-corrected chi connectivity index (χ4v) is 2.77. The Morgan fingerprint density at radius 2 is 2.00 bits per heavy atom. The number of hydrogen-bond donors (Lipinski definition) is 1. The molecule has 1 nitrogen and oxygen atoms in total. The first-order valence-electron chi connectivity index (χ1n) is 5.07. The normalized spacial score (nSPS) is 45.0. The lowest BCUT2D eigenvalue weighted by molar-refractivity contribution is 0.149. The Morgan fingerprint density at radius 3 is 2.91 bits per heavy atom. The molecule has 0 aromatic rings. The molecule has 3 atom stereocenters. The SMILES string of the molecule is CC1CCC2CCNCC2C1. The number of fused-ring (bicyclic) bond motifs is 1. The Morgan fingerprint density at radius 1 is 1.09 bits per heavy atom. The van der Waals surface area contributed by atoms with Crippen LogP contribution in [0.5, 0.6) is 0 Å². The van der Waals surface area contributed by atoms with Gasteiger partial charge in [-0.15, -0.1) is 0 Å². The summed E-state index contributed by atoms with van der Waals surface area (Å²) in [5.74, 6) is 3.09. The molecule has 2 rings (SSSR count). The second kappa shape index (κ2) is 3.14. The van der Waals surface area contributed by atoms with Gasteiger partial charge in [-0.25, -0.2) is 0 Å². The molecule has 1 aliphatic carbocycles. The second-order valence-corrected chi connectivity index (χ2v) is 4.43. The van der Waals surface area contributed by atoms with Gasteiger partial charge in [0, 0.05) is 0 Å². The zero-order chi connectivity index (χ0) is 7.68. The third-order valence-corrected chi connectivity index (χ3v) is 3.50. The molecule has 0 bridgehead atoms. The highest BCUT2D eigenvalue weighted by molar-refractivity contribution is 4.83. The van der Waals surface area contributed by atoms with E-state index in [0.717, 1.165) is 17.8 Å². The molecule has 1 heteroatoms. The lowest BCUT2D eigenvalue weighted by atomic mass is 9.72. The molecule has 0 spiro atoms. The van der Waals surface area contributed by atoms with E-state index in [1.54, 1.807) is 0 Å². The second-order valence-electron chi connectivity index (χ2n) is 4.43. The molecule has 1 saturated carbocycles.